The van der Waals surface area contributed by atoms with Gasteiger partial charge in [0.15, 0.2) is 0 Å². The van der Waals surface area contributed by atoms with E-state index in [4.69, 9.17) is 4.74 Å². The normalized spacial score (nSPS) is 11.5. The number of urea groups is 1. The number of carbonyl (C=O) groups excluding carboxylic acids is 1. The molecule has 0 aliphatic heterocycles. The average molecular weight is 464 g/mol. The van der Waals surface area contributed by atoms with Crippen LogP contribution >= 0.6 is 0 Å². The maximum Gasteiger partial charge on any atom is 0.326 e. The Hall–Kier alpha value is -3.87. The molecule has 0 saturated heterocycles. The number of nitrogens with one attached hydrogen (secondary N) is 2. The summed E-state index contributed by atoms with van der Waals surface area (Å²) < 4.78 is 33.0. The lowest BCUT2D eigenvalue weighted by molar-refractivity contribution is 0.256. The number of hydrogen-bond acceptors (Lipinski definition) is 2. The molecule has 0 fully saturated rings. The largest absolute Gasteiger partial charge is 0.496 e. The SMILES string of the molecule is COc1ccccc1CN(C(=O)Nc1ccc(F)cc1F)c1ccc2[nH]c(C(C)(C)C)cc2c1. The van der Waals surface area contributed by atoms with Crippen LogP contribution in [-0.4, -0.2) is 18.1 Å². The zero-order chi connectivity index (χ0) is 24.5. The lowest BCUT2D eigenvalue weighted by Gasteiger charge is -2.24. The molecule has 0 saturated carbocycles. The van der Waals surface area contributed by atoms with Gasteiger partial charge in [0, 0.05) is 39.3 Å². The van der Waals surface area contributed by atoms with E-state index in [2.05, 4.69) is 37.1 Å². The molecule has 1 aromatic heterocycles. The average Bonchev–Trinajstić information content (AvgIpc) is 3.23. The third kappa shape index (κ3) is 4.88. The molecule has 3 aromatic carbocycles. The number of benzene rings is 3. The summed E-state index contributed by atoms with van der Waals surface area (Å²) in [7, 11) is 1.57. The molecule has 7 heteroatoms. The molecule has 34 heavy (non-hydrogen) atoms. The van der Waals surface area contributed by atoms with Crippen molar-refractivity contribution in [3.63, 3.8) is 0 Å². The number of carbonyl (C=O) groups is 1. The fourth-order valence-corrected chi connectivity index (χ4v) is 3.75. The van der Waals surface area contributed by atoms with Crippen molar-refractivity contribution in [2.75, 3.05) is 17.3 Å². The van der Waals surface area contributed by atoms with Crippen molar-refractivity contribution in [2.45, 2.75) is 32.7 Å². The van der Waals surface area contributed by atoms with Crippen LogP contribution in [0, 0.1) is 11.6 Å². The number of aromatic amines is 1. The lowest BCUT2D eigenvalue weighted by Crippen LogP contribution is -2.35. The van der Waals surface area contributed by atoms with Gasteiger partial charge in [-0.3, -0.25) is 4.90 Å². The molecule has 5 nitrogen and oxygen atoms in total. The van der Waals surface area contributed by atoms with Gasteiger partial charge in [-0.2, -0.15) is 0 Å². The molecule has 1 heterocycles. The summed E-state index contributed by atoms with van der Waals surface area (Å²) in [5.74, 6) is -0.929. The quantitative estimate of drug-likeness (QED) is 0.335. The summed E-state index contributed by atoms with van der Waals surface area (Å²) in [5, 5.41) is 3.52. The van der Waals surface area contributed by atoms with Crippen molar-refractivity contribution >= 4 is 28.3 Å². The molecule has 4 rings (SSSR count). The summed E-state index contributed by atoms with van der Waals surface area (Å²) in [6.07, 6.45) is 0. The van der Waals surface area contributed by atoms with E-state index in [1.807, 2.05) is 42.5 Å². The number of ether oxygens (including phenoxy) is 1. The van der Waals surface area contributed by atoms with Gasteiger partial charge in [-0.25, -0.2) is 13.6 Å². The first kappa shape index (κ1) is 23.3. The highest BCUT2D eigenvalue weighted by Gasteiger charge is 2.21. The Labute approximate surface area is 197 Å². The van der Waals surface area contributed by atoms with Crippen LogP contribution in [0.15, 0.2) is 66.7 Å². The van der Waals surface area contributed by atoms with Gasteiger partial charge in [-0.1, -0.05) is 39.0 Å². The van der Waals surface area contributed by atoms with Crippen LogP contribution in [0.4, 0.5) is 25.0 Å². The van der Waals surface area contributed by atoms with E-state index in [1.165, 1.54) is 11.0 Å². The van der Waals surface area contributed by atoms with E-state index in [-0.39, 0.29) is 17.6 Å². The molecular weight excluding hydrogens is 436 g/mol. The van der Waals surface area contributed by atoms with Crippen LogP contribution in [0.2, 0.25) is 0 Å². The second-order valence-corrected chi connectivity index (χ2v) is 9.16. The Morgan fingerprint density at radius 3 is 2.50 bits per heavy atom. The predicted octanol–water partition coefficient (Wildman–Crippen LogP) is 6.99. The number of amides is 2. The van der Waals surface area contributed by atoms with E-state index in [0.29, 0.717) is 11.4 Å². The van der Waals surface area contributed by atoms with E-state index in [9.17, 15) is 13.6 Å². The highest BCUT2D eigenvalue weighted by molar-refractivity contribution is 6.03. The first-order chi connectivity index (χ1) is 16.2. The minimum Gasteiger partial charge on any atom is -0.496 e. The number of fused-ring (bicyclic) bond motifs is 1. The first-order valence-electron chi connectivity index (χ1n) is 10.9. The highest BCUT2D eigenvalue weighted by atomic mass is 19.1. The van der Waals surface area contributed by atoms with Crippen LogP contribution in [0.5, 0.6) is 5.75 Å². The van der Waals surface area contributed by atoms with Gasteiger partial charge in [0.1, 0.15) is 17.4 Å². The van der Waals surface area contributed by atoms with Crippen molar-refractivity contribution in [1.29, 1.82) is 0 Å². The summed E-state index contributed by atoms with van der Waals surface area (Å²) >= 11 is 0. The zero-order valence-corrected chi connectivity index (χ0v) is 19.6. The van der Waals surface area contributed by atoms with Gasteiger partial charge >= 0.3 is 6.03 Å². The minimum atomic E-state index is -0.846. The molecule has 176 valence electrons. The van der Waals surface area contributed by atoms with Gasteiger partial charge in [-0.15, -0.1) is 0 Å². The Kier molecular flexibility index (Phi) is 6.28. The van der Waals surface area contributed by atoms with Crippen LogP contribution in [0.1, 0.15) is 32.0 Å². The molecule has 0 atom stereocenters. The third-order valence-corrected chi connectivity index (χ3v) is 5.66. The zero-order valence-electron chi connectivity index (χ0n) is 19.6. The number of nitrogens with zero attached hydrogens (tertiary/aromatic N) is 1. The molecule has 0 bridgehead atoms. The molecule has 2 N–H and O–H groups in total. The Bertz CT molecular complexity index is 1340. The molecule has 2 amide bonds. The standard InChI is InChI=1S/C27H27F2N3O2/c1-27(2,3)25-14-18-13-20(10-12-22(18)30-25)32(16-17-7-5-6-8-24(17)34-4)26(33)31-23-11-9-19(28)15-21(23)29/h5-15,30H,16H2,1-4H3,(H,31,33). The number of halogens is 2. The maximum atomic E-state index is 14.2. The van der Waals surface area contributed by atoms with Crippen LogP contribution < -0.4 is 15.0 Å². The van der Waals surface area contributed by atoms with Crippen LogP contribution in [-0.2, 0) is 12.0 Å². The number of aromatic nitrogens is 1. The Morgan fingerprint density at radius 1 is 1.03 bits per heavy atom. The summed E-state index contributed by atoms with van der Waals surface area (Å²) in [6, 6.07) is 17.6. The van der Waals surface area contributed by atoms with Crippen LogP contribution in [0.25, 0.3) is 10.9 Å². The van der Waals surface area contributed by atoms with E-state index in [1.54, 1.807) is 7.11 Å². The molecule has 4 aromatic rings. The van der Waals surface area contributed by atoms with E-state index < -0.39 is 17.7 Å². The number of H-pyrrole nitrogens is 1. The number of hydrogen-bond donors (Lipinski definition) is 2. The fourth-order valence-electron chi connectivity index (χ4n) is 3.75. The lowest BCUT2D eigenvalue weighted by atomic mass is 9.92. The van der Waals surface area contributed by atoms with Gasteiger partial charge < -0.3 is 15.0 Å². The minimum absolute atomic E-state index is 0.0617. The van der Waals surface area contributed by atoms with E-state index >= 15 is 0 Å². The number of rotatable bonds is 5. The number of methoxy groups -OCH3 is 1. The first-order valence-corrected chi connectivity index (χ1v) is 10.9. The van der Waals surface area contributed by atoms with Crippen molar-refractivity contribution in [1.82, 2.24) is 4.98 Å². The van der Waals surface area contributed by atoms with Crippen molar-refractivity contribution < 1.29 is 18.3 Å². The summed E-state index contributed by atoms with van der Waals surface area (Å²) in [6.45, 7) is 6.55. The molecule has 0 radical (unpaired) electrons. The van der Waals surface area contributed by atoms with Crippen molar-refractivity contribution in [3.05, 3.63) is 89.6 Å². The molecule has 0 spiro atoms. The monoisotopic (exact) mass is 463 g/mol. The third-order valence-electron chi connectivity index (χ3n) is 5.66. The summed E-state index contributed by atoms with van der Waals surface area (Å²) in [4.78, 5) is 18.3. The van der Waals surface area contributed by atoms with Crippen molar-refractivity contribution in [2.24, 2.45) is 0 Å². The highest BCUT2D eigenvalue weighted by Crippen LogP contribution is 2.30. The Morgan fingerprint density at radius 2 is 1.79 bits per heavy atom. The maximum absolute atomic E-state index is 14.2. The molecule has 0 aliphatic carbocycles. The van der Waals surface area contributed by atoms with Crippen molar-refractivity contribution in [3.8, 4) is 5.75 Å². The smallest absolute Gasteiger partial charge is 0.326 e. The second-order valence-electron chi connectivity index (χ2n) is 9.16. The predicted molar refractivity (Wildman–Crippen MR) is 132 cm³/mol. The van der Waals surface area contributed by atoms with Gasteiger partial charge in [0.05, 0.1) is 19.3 Å². The fraction of sp³-hybridized carbons (Fsp3) is 0.222. The van der Waals surface area contributed by atoms with Gasteiger partial charge in [0.25, 0.3) is 0 Å². The van der Waals surface area contributed by atoms with Crippen LogP contribution in [0.3, 0.4) is 0 Å². The number of para-hydroxylation sites is 1. The number of anilines is 2. The Balaban J connectivity index is 1.74. The van der Waals surface area contributed by atoms with Gasteiger partial charge in [-0.05, 0) is 42.5 Å². The molecule has 0 aliphatic rings. The summed E-state index contributed by atoms with van der Waals surface area (Å²) in [5.41, 5.74) is 3.27. The topological polar surface area (TPSA) is 57.4 Å². The second kappa shape index (κ2) is 9.17. The van der Waals surface area contributed by atoms with Gasteiger partial charge in [0.2, 0.25) is 0 Å². The molecule has 0 unspecified atom stereocenters. The molecular formula is C27H27F2N3O2. The van der Waals surface area contributed by atoms with E-state index in [0.717, 1.165) is 34.3 Å².